The molecule has 1 N–H and O–H groups in total. The first-order chi connectivity index (χ1) is 17.6. The number of rotatable bonds is 2. The Hall–Kier alpha value is -3.87. The van der Waals surface area contributed by atoms with Gasteiger partial charge in [0.1, 0.15) is 5.84 Å². The maximum Gasteiger partial charge on any atom is 0.270 e. The highest BCUT2D eigenvalue weighted by atomic mass is 35.5. The fourth-order valence-electron chi connectivity index (χ4n) is 4.81. The zero-order valence-corrected chi connectivity index (χ0v) is 20.7. The highest BCUT2D eigenvalue weighted by Crippen LogP contribution is 2.40. The van der Waals surface area contributed by atoms with Crippen molar-refractivity contribution in [3.8, 4) is 0 Å². The Labute approximate surface area is 215 Å². The van der Waals surface area contributed by atoms with E-state index in [-0.39, 0.29) is 5.91 Å². The molecule has 0 bridgehead atoms. The zero-order chi connectivity index (χ0) is 24.6. The van der Waals surface area contributed by atoms with Crippen molar-refractivity contribution in [2.45, 2.75) is 0 Å². The number of likely N-dealkylation sites (N-methyl/N-ethyl adjacent to an activating group) is 1. The normalized spacial score (nSPS) is 15.7. The molecule has 4 aromatic rings. The molecule has 180 valence electrons. The van der Waals surface area contributed by atoms with Crippen LogP contribution >= 0.6 is 11.6 Å². The van der Waals surface area contributed by atoms with Gasteiger partial charge in [0.25, 0.3) is 5.91 Å². The van der Waals surface area contributed by atoms with E-state index in [4.69, 9.17) is 16.6 Å². The summed E-state index contributed by atoms with van der Waals surface area (Å²) in [6, 6.07) is 27.5. The second-order valence-corrected chi connectivity index (χ2v) is 9.65. The number of aliphatic imine (C=N–C) groups is 1. The second-order valence-electron chi connectivity index (χ2n) is 9.21. The molecule has 0 radical (unpaired) electrons. The minimum atomic E-state index is -0.195. The summed E-state index contributed by atoms with van der Waals surface area (Å²) in [5, 5.41) is 4.56. The molecule has 1 saturated heterocycles. The standard InChI is InChI=1S/C29H26ClN5O/c1-33-14-16-34(17-15-33)28-24-8-4-5-9-26(24)35(27-13-12-23(30)19-25(27)31-28)32-29(36)22-11-10-20-6-2-3-7-21(20)18-22/h2-13,18-19H,14-17H2,1H3,(H,32,36). The molecular weight excluding hydrogens is 470 g/mol. The number of hydrogen-bond donors (Lipinski definition) is 1. The summed E-state index contributed by atoms with van der Waals surface area (Å²) in [4.78, 5) is 23.3. The number of amidine groups is 1. The Morgan fingerprint density at radius 2 is 1.58 bits per heavy atom. The molecule has 6 nitrogen and oxygen atoms in total. The van der Waals surface area contributed by atoms with E-state index >= 15 is 0 Å². The molecule has 6 rings (SSSR count). The first-order valence-electron chi connectivity index (χ1n) is 12.1. The molecule has 2 heterocycles. The van der Waals surface area contributed by atoms with E-state index in [0.29, 0.717) is 16.3 Å². The number of hydrogen-bond acceptors (Lipinski definition) is 5. The number of carbonyl (C=O) groups is 1. The summed E-state index contributed by atoms with van der Waals surface area (Å²) < 4.78 is 0. The van der Waals surface area contributed by atoms with Gasteiger partial charge >= 0.3 is 0 Å². The SMILES string of the molecule is CN1CCN(C2=Nc3cc(Cl)ccc3N(NC(=O)c3ccc4ccccc4c3)c3ccccc32)CC1. The van der Waals surface area contributed by atoms with Crippen LogP contribution in [0, 0.1) is 0 Å². The van der Waals surface area contributed by atoms with Gasteiger partial charge in [0, 0.05) is 42.3 Å². The summed E-state index contributed by atoms with van der Waals surface area (Å²) in [7, 11) is 2.14. The molecule has 0 aliphatic carbocycles. The Morgan fingerprint density at radius 1 is 0.833 bits per heavy atom. The average molecular weight is 496 g/mol. The second kappa shape index (κ2) is 9.30. The third-order valence-electron chi connectivity index (χ3n) is 6.82. The minimum absolute atomic E-state index is 0.195. The van der Waals surface area contributed by atoms with E-state index in [1.807, 2.05) is 83.9 Å². The van der Waals surface area contributed by atoms with Crippen LogP contribution in [-0.2, 0) is 0 Å². The number of fused-ring (bicyclic) bond motifs is 3. The number of piperazine rings is 1. The number of hydrazine groups is 1. The molecule has 0 unspecified atom stereocenters. The van der Waals surface area contributed by atoms with Crippen molar-refractivity contribution in [2.75, 3.05) is 38.2 Å². The highest BCUT2D eigenvalue weighted by molar-refractivity contribution is 6.31. The summed E-state index contributed by atoms with van der Waals surface area (Å²) in [6.07, 6.45) is 0. The predicted molar refractivity (Wildman–Crippen MR) is 147 cm³/mol. The molecule has 0 aromatic heterocycles. The number of benzene rings is 4. The van der Waals surface area contributed by atoms with E-state index in [1.54, 1.807) is 0 Å². The molecule has 0 atom stereocenters. The van der Waals surface area contributed by atoms with Crippen LogP contribution in [0.25, 0.3) is 10.8 Å². The van der Waals surface area contributed by atoms with Gasteiger partial charge in [-0.15, -0.1) is 0 Å². The van der Waals surface area contributed by atoms with Gasteiger partial charge in [-0.25, -0.2) is 4.99 Å². The smallest absolute Gasteiger partial charge is 0.270 e. The van der Waals surface area contributed by atoms with Crippen molar-refractivity contribution in [2.24, 2.45) is 4.99 Å². The lowest BCUT2D eigenvalue weighted by Crippen LogP contribution is -2.47. The summed E-state index contributed by atoms with van der Waals surface area (Å²) >= 11 is 6.40. The van der Waals surface area contributed by atoms with Gasteiger partial charge < -0.3 is 9.80 Å². The monoisotopic (exact) mass is 495 g/mol. The molecule has 2 aliphatic heterocycles. The number of nitrogens with zero attached hydrogens (tertiary/aromatic N) is 4. The van der Waals surface area contributed by atoms with E-state index in [9.17, 15) is 4.79 Å². The quantitative estimate of drug-likeness (QED) is 0.392. The number of amides is 1. The molecule has 0 saturated carbocycles. The molecule has 7 heteroatoms. The Kier molecular flexibility index (Phi) is 5.83. The van der Waals surface area contributed by atoms with Crippen LogP contribution in [0.15, 0.2) is 89.9 Å². The predicted octanol–water partition coefficient (Wildman–Crippen LogP) is 5.62. The lowest BCUT2D eigenvalue weighted by atomic mass is 10.1. The lowest BCUT2D eigenvalue weighted by Gasteiger charge is -2.35. The van der Waals surface area contributed by atoms with Crippen molar-refractivity contribution < 1.29 is 4.79 Å². The Balaban J connectivity index is 1.43. The first-order valence-corrected chi connectivity index (χ1v) is 12.5. The molecule has 4 aromatic carbocycles. The van der Waals surface area contributed by atoms with Crippen LogP contribution in [-0.4, -0.2) is 54.8 Å². The number of nitrogens with one attached hydrogen (secondary N) is 1. The number of para-hydroxylation sites is 1. The summed E-state index contributed by atoms with van der Waals surface area (Å²) in [5.41, 5.74) is 7.06. The van der Waals surface area contributed by atoms with Gasteiger partial charge in [-0.1, -0.05) is 54.1 Å². The molecule has 0 spiro atoms. The van der Waals surface area contributed by atoms with Crippen molar-refractivity contribution in [1.82, 2.24) is 15.2 Å². The van der Waals surface area contributed by atoms with E-state index in [1.165, 1.54) is 0 Å². The Bertz CT molecular complexity index is 1490. The van der Waals surface area contributed by atoms with Crippen molar-refractivity contribution in [1.29, 1.82) is 0 Å². The van der Waals surface area contributed by atoms with Crippen LogP contribution in [0.1, 0.15) is 15.9 Å². The fourth-order valence-corrected chi connectivity index (χ4v) is 4.98. The molecular formula is C29H26ClN5O. The average Bonchev–Trinajstić information content (AvgIpc) is 3.03. The van der Waals surface area contributed by atoms with E-state index < -0.39 is 0 Å². The van der Waals surface area contributed by atoms with Gasteiger partial charge in [-0.05, 0) is 60.3 Å². The number of anilines is 2. The van der Waals surface area contributed by atoms with Crippen LogP contribution < -0.4 is 10.4 Å². The van der Waals surface area contributed by atoms with E-state index in [2.05, 4.69) is 28.3 Å². The van der Waals surface area contributed by atoms with Crippen LogP contribution in [0.2, 0.25) is 5.02 Å². The fraction of sp³-hybridized carbons (Fsp3) is 0.172. The third-order valence-corrected chi connectivity index (χ3v) is 7.05. The third kappa shape index (κ3) is 4.19. The maximum absolute atomic E-state index is 13.5. The molecule has 2 aliphatic rings. The van der Waals surface area contributed by atoms with Gasteiger partial charge in [-0.2, -0.15) is 0 Å². The lowest BCUT2D eigenvalue weighted by molar-refractivity contribution is 0.0954. The van der Waals surface area contributed by atoms with Gasteiger partial charge in [0.05, 0.1) is 17.1 Å². The zero-order valence-electron chi connectivity index (χ0n) is 20.0. The van der Waals surface area contributed by atoms with Crippen LogP contribution in [0.3, 0.4) is 0 Å². The topological polar surface area (TPSA) is 51.2 Å². The first kappa shape index (κ1) is 22.6. The van der Waals surface area contributed by atoms with E-state index in [0.717, 1.165) is 59.7 Å². The summed E-state index contributed by atoms with van der Waals surface area (Å²) in [5.74, 6) is 0.698. The van der Waals surface area contributed by atoms with Crippen molar-refractivity contribution >= 4 is 51.2 Å². The van der Waals surface area contributed by atoms with Gasteiger partial charge in [0.15, 0.2) is 0 Å². The van der Waals surface area contributed by atoms with Crippen molar-refractivity contribution in [3.05, 3.63) is 101 Å². The highest BCUT2D eigenvalue weighted by Gasteiger charge is 2.28. The largest absolute Gasteiger partial charge is 0.353 e. The Morgan fingerprint density at radius 3 is 2.42 bits per heavy atom. The molecule has 1 amide bonds. The number of carbonyl (C=O) groups excluding carboxylic acids is 1. The van der Waals surface area contributed by atoms with Crippen molar-refractivity contribution in [3.63, 3.8) is 0 Å². The van der Waals surface area contributed by atoms with Crippen LogP contribution in [0.5, 0.6) is 0 Å². The van der Waals surface area contributed by atoms with Crippen LogP contribution in [0.4, 0.5) is 17.1 Å². The molecule has 1 fully saturated rings. The summed E-state index contributed by atoms with van der Waals surface area (Å²) in [6.45, 7) is 3.68. The van der Waals surface area contributed by atoms with Gasteiger partial charge in [-0.3, -0.25) is 15.2 Å². The molecule has 36 heavy (non-hydrogen) atoms. The maximum atomic E-state index is 13.5. The minimum Gasteiger partial charge on any atom is -0.353 e. The van der Waals surface area contributed by atoms with Gasteiger partial charge in [0.2, 0.25) is 0 Å². The number of halogens is 1.